The SMILES string of the molecule is Cc1cc(NS(=O)(=O)C2CCCC2)ccc1Br. The van der Waals surface area contributed by atoms with Gasteiger partial charge >= 0.3 is 0 Å². The Balaban J connectivity index is 2.17. The molecule has 0 spiro atoms. The molecule has 1 aliphatic rings. The molecule has 1 fully saturated rings. The fourth-order valence-electron chi connectivity index (χ4n) is 2.15. The fraction of sp³-hybridized carbons (Fsp3) is 0.500. The number of sulfonamides is 1. The van der Waals surface area contributed by atoms with E-state index in [9.17, 15) is 8.42 Å². The van der Waals surface area contributed by atoms with E-state index in [0.717, 1.165) is 35.7 Å². The molecular weight excluding hydrogens is 302 g/mol. The maximum atomic E-state index is 12.1. The molecular formula is C12H16BrNO2S. The molecule has 94 valence electrons. The predicted octanol–water partition coefficient (Wildman–Crippen LogP) is 3.44. The van der Waals surface area contributed by atoms with Crippen LogP contribution in [0.1, 0.15) is 31.2 Å². The summed E-state index contributed by atoms with van der Waals surface area (Å²) in [6.07, 6.45) is 3.60. The van der Waals surface area contributed by atoms with Crippen molar-refractivity contribution in [3.8, 4) is 0 Å². The molecule has 0 saturated heterocycles. The average molecular weight is 318 g/mol. The van der Waals surface area contributed by atoms with Crippen molar-refractivity contribution in [2.24, 2.45) is 0 Å². The number of nitrogens with one attached hydrogen (secondary N) is 1. The van der Waals surface area contributed by atoms with Crippen molar-refractivity contribution >= 4 is 31.6 Å². The van der Waals surface area contributed by atoms with Gasteiger partial charge in [0.15, 0.2) is 0 Å². The molecule has 0 aliphatic heterocycles. The Morgan fingerprint density at radius 1 is 1.29 bits per heavy atom. The van der Waals surface area contributed by atoms with Crippen molar-refractivity contribution in [1.29, 1.82) is 0 Å². The van der Waals surface area contributed by atoms with Crippen molar-refractivity contribution in [1.82, 2.24) is 0 Å². The number of halogens is 1. The first-order valence-corrected chi connectivity index (χ1v) is 8.11. The normalized spacial score (nSPS) is 17.3. The number of anilines is 1. The van der Waals surface area contributed by atoms with Gasteiger partial charge in [-0.25, -0.2) is 8.42 Å². The summed E-state index contributed by atoms with van der Waals surface area (Å²) in [5, 5.41) is -0.216. The molecule has 0 unspecified atom stereocenters. The van der Waals surface area contributed by atoms with Crippen LogP contribution < -0.4 is 4.72 Å². The van der Waals surface area contributed by atoms with E-state index in [4.69, 9.17) is 0 Å². The average Bonchev–Trinajstić information content (AvgIpc) is 2.77. The summed E-state index contributed by atoms with van der Waals surface area (Å²) in [6.45, 7) is 1.94. The Bertz CT molecular complexity index is 507. The van der Waals surface area contributed by atoms with E-state index < -0.39 is 10.0 Å². The standard InChI is InChI=1S/C12H16BrNO2S/c1-9-8-10(6-7-12(9)13)14-17(15,16)11-4-2-3-5-11/h6-8,11,14H,2-5H2,1H3. The zero-order valence-corrected chi connectivity index (χ0v) is 12.1. The van der Waals surface area contributed by atoms with E-state index in [2.05, 4.69) is 20.7 Å². The maximum Gasteiger partial charge on any atom is 0.235 e. The highest BCUT2D eigenvalue weighted by atomic mass is 79.9. The lowest BCUT2D eigenvalue weighted by Crippen LogP contribution is -2.25. The zero-order chi connectivity index (χ0) is 12.5. The number of hydrogen-bond acceptors (Lipinski definition) is 2. The van der Waals surface area contributed by atoms with Gasteiger partial charge in [-0.15, -0.1) is 0 Å². The number of rotatable bonds is 3. The third kappa shape index (κ3) is 3.01. The van der Waals surface area contributed by atoms with Crippen molar-refractivity contribution in [3.05, 3.63) is 28.2 Å². The van der Waals surface area contributed by atoms with Crippen LogP contribution in [0.25, 0.3) is 0 Å². The minimum Gasteiger partial charge on any atom is -0.283 e. The first-order chi connectivity index (χ1) is 7.99. The predicted molar refractivity (Wildman–Crippen MR) is 73.7 cm³/mol. The smallest absolute Gasteiger partial charge is 0.235 e. The zero-order valence-electron chi connectivity index (χ0n) is 9.74. The van der Waals surface area contributed by atoms with Crippen LogP contribution in [-0.4, -0.2) is 13.7 Å². The Labute approximate surface area is 111 Å². The molecule has 1 N–H and O–H groups in total. The number of benzene rings is 1. The van der Waals surface area contributed by atoms with Crippen molar-refractivity contribution < 1.29 is 8.42 Å². The molecule has 3 nitrogen and oxygen atoms in total. The highest BCUT2D eigenvalue weighted by Crippen LogP contribution is 2.27. The maximum absolute atomic E-state index is 12.1. The molecule has 0 aromatic heterocycles. The van der Waals surface area contributed by atoms with Crippen molar-refractivity contribution in [2.75, 3.05) is 4.72 Å². The molecule has 0 amide bonds. The van der Waals surface area contributed by atoms with Crippen molar-refractivity contribution in [2.45, 2.75) is 37.9 Å². The van der Waals surface area contributed by atoms with Crippen LogP contribution in [0, 0.1) is 6.92 Å². The lowest BCUT2D eigenvalue weighted by atomic mass is 10.2. The van der Waals surface area contributed by atoms with Gasteiger partial charge in [0.2, 0.25) is 10.0 Å². The largest absolute Gasteiger partial charge is 0.283 e. The lowest BCUT2D eigenvalue weighted by Gasteiger charge is -2.14. The third-order valence-corrected chi connectivity index (χ3v) is 5.92. The van der Waals surface area contributed by atoms with Crippen LogP contribution in [0.5, 0.6) is 0 Å². The third-order valence-electron chi connectivity index (χ3n) is 3.16. The van der Waals surface area contributed by atoms with Crippen LogP contribution in [0.3, 0.4) is 0 Å². The quantitative estimate of drug-likeness (QED) is 0.928. The van der Waals surface area contributed by atoms with Crippen LogP contribution in [0.4, 0.5) is 5.69 Å². The van der Waals surface area contributed by atoms with Gasteiger partial charge in [0.1, 0.15) is 0 Å². The summed E-state index contributed by atoms with van der Waals surface area (Å²) < 4.78 is 27.8. The Hall–Kier alpha value is -0.550. The van der Waals surface area contributed by atoms with Crippen LogP contribution in [0.2, 0.25) is 0 Å². The first kappa shape index (κ1) is 12.9. The molecule has 5 heteroatoms. The summed E-state index contributed by atoms with van der Waals surface area (Å²) in [6, 6.07) is 5.49. The van der Waals surface area contributed by atoms with E-state index in [1.807, 2.05) is 19.1 Å². The fourth-order valence-corrected chi connectivity index (χ4v) is 3.98. The van der Waals surface area contributed by atoms with Gasteiger partial charge in [-0.2, -0.15) is 0 Å². The van der Waals surface area contributed by atoms with E-state index in [-0.39, 0.29) is 5.25 Å². The molecule has 1 aromatic rings. The summed E-state index contributed by atoms with van der Waals surface area (Å²) in [5.41, 5.74) is 1.68. The second-order valence-corrected chi connectivity index (χ2v) is 7.33. The summed E-state index contributed by atoms with van der Waals surface area (Å²) >= 11 is 3.40. The van der Waals surface area contributed by atoms with Crippen LogP contribution >= 0.6 is 15.9 Å². The molecule has 0 radical (unpaired) electrons. The molecule has 0 heterocycles. The van der Waals surface area contributed by atoms with Crippen LogP contribution in [-0.2, 0) is 10.0 Å². The molecule has 2 rings (SSSR count). The van der Waals surface area contributed by atoms with Gasteiger partial charge in [0, 0.05) is 10.2 Å². The van der Waals surface area contributed by atoms with E-state index >= 15 is 0 Å². The number of aryl methyl sites for hydroxylation is 1. The first-order valence-electron chi connectivity index (χ1n) is 5.77. The summed E-state index contributed by atoms with van der Waals surface area (Å²) in [4.78, 5) is 0. The van der Waals surface area contributed by atoms with Crippen molar-refractivity contribution in [3.63, 3.8) is 0 Å². The minimum atomic E-state index is -3.21. The minimum absolute atomic E-state index is 0.216. The van der Waals surface area contributed by atoms with Gasteiger partial charge in [-0.05, 0) is 43.5 Å². The molecule has 1 saturated carbocycles. The van der Waals surface area contributed by atoms with Crippen LogP contribution in [0.15, 0.2) is 22.7 Å². The Morgan fingerprint density at radius 2 is 1.94 bits per heavy atom. The molecule has 17 heavy (non-hydrogen) atoms. The highest BCUT2D eigenvalue weighted by molar-refractivity contribution is 9.10. The molecule has 1 aromatic carbocycles. The molecule has 0 bridgehead atoms. The number of hydrogen-bond donors (Lipinski definition) is 1. The molecule has 1 aliphatic carbocycles. The van der Waals surface area contributed by atoms with E-state index in [1.165, 1.54) is 0 Å². The van der Waals surface area contributed by atoms with Gasteiger partial charge in [-0.3, -0.25) is 4.72 Å². The second-order valence-electron chi connectivity index (χ2n) is 4.52. The highest BCUT2D eigenvalue weighted by Gasteiger charge is 2.28. The van der Waals surface area contributed by atoms with E-state index in [0.29, 0.717) is 5.69 Å². The topological polar surface area (TPSA) is 46.2 Å². The second kappa shape index (κ2) is 4.98. The summed E-state index contributed by atoms with van der Waals surface area (Å²) in [7, 11) is -3.21. The van der Waals surface area contributed by atoms with Gasteiger partial charge in [0.05, 0.1) is 5.25 Å². The van der Waals surface area contributed by atoms with Gasteiger partial charge in [0.25, 0.3) is 0 Å². The van der Waals surface area contributed by atoms with E-state index in [1.54, 1.807) is 6.07 Å². The van der Waals surface area contributed by atoms with Gasteiger partial charge < -0.3 is 0 Å². The Kier molecular flexibility index (Phi) is 3.78. The van der Waals surface area contributed by atoms with Gasteiger partial charge in [-0.1, -0.05) is 28.8 Å². The Morgan fingerprint density at radius 3 is 2.53 bits per heavy atom. The summed E-state index contributed by atoms with van der Waals surface area (Å²) in [5.74, 6) is 0. The monoisotopic (exact) mass is 317 g/mol. The lowest BCUT2D eigenvalue weighted by molar-refractivity contribution is 0.585. The molecule has 0 atom stereocenters.